The summed E-state index contributed by atoms with van der Waals surface area (Å²) in [6.07, 6.45) is 2.50. The Morgan fingerprint density at radius 2 is 2.10 bits per heavy atom. The molecule has 0 aliphatic heterocycles. The van der Waals surface area contributed by atoms with Gasteiger partial charge in [-0.2, -0.15) is 0 Å². The fraction of sp³-hybridized carbons (Fsp3) is 0.500. The predicted molar refractivity (Wildman–Crippen MR) is 80.1 cm³/mol. The van der Waals surface area contributed by atoms with Gasteiger partial charge in [0.05, 0.1) is 10.5 Å². The summed E-state index contributed by atoms with van der Waals surface area (Å²) in [5.74, 6) is -1.15. The van der Waals surface area contributed by atoms with Gasteiger partial charge in [0, 0.05) is 17.8 Å². The van der Waals surface area contributed by atoms with E-state index in [1.807, 2.05) is 13.8 Å². The average Bonchev–Trinajstić information content (AvgIpc) is 3.21. The Morgan fingerprint density at radius 1 is 1.43 bits per heavy atom. The van der Waals surface area contributed by atoms with Gasteiger partial charge in [0.15, 0.2) is 0 Å². The number of anilines is 1. The van der Waals surface area contributed by atoms with Gasteiger partial charge in [0.1, 0.15) is 0 Å². The molecule has 1 fully saturated rings. The van der Waals surface area contributed by atoms with Gasteiger partial charge < -0.3 is 10.4 Å². The van der Waals surface area contributed by atoms with Crippen LogP contribution in [-0.2, 0) is 10.0 Å². The highest BCUT2D eigenvalue weighted by Gasteiger charge is 2.28. The Labute approximate surface area is 124 Å². The van der Waals surface area contributed by atoms with E-state index in [0.29, 0.717) is 5.69 Å². The fourth-order valence-electron chi connectivity index (χ4n) is 1.85. The summed E-state index contributed by atoms with van der Waals surface area (Å²) in [5, 5.41) is 12.4. The Bertz CT molecular complexity index is 638. The molecule has 1 aliphatic carbocycles. The molecule has 0 heterocycles. The van der Waals surface area contributed by atoms with Crippen molar-refractivity contribution >= 4 is 21.7 Å². The number of sulfonamides is 1. The molecule has 1 saturated carbocycles. The normalized spacial score (nSPS) is 16.5. The lowest BCUT2D eigenvalue weighted by Gasteiger charge is -2.16. The Balaban J connectivity index is 2.33. The van der Waals surface area contributed by atoms with E-state index in [-0.39, 0.29) is 22.5 Å². The molecule has 0 amide bonds. The van der Waals surface area contributed by atoms with E-state index in [1.165, 1.54) is 18.2 Å². The van der Waals surface area contributed by atoms with Crippen LogP contribution in [0.4, 0.5) is 5.69 Å². The van der Waals surface area contributed by atoms with Gasteiger partial charge in [-0.25, -0.2) is 17.9 Å². The minimum atomic E-state index is -3.64. The molecule has 21 heavy (non-hydrogen) atoms. The molecule has 116 valence electrons. The zero-order valence-electron chi connectivity index (χ0n) is 12.1. The van der Waals surface area contributed by atoms with Crippen molar-refractivity contribution in [2.75, 3.05) is 5.32 Å². The first-order valence-corrected chi connectivity index (χ1v) is 8.48. The molecule has 3 N–H and O–H groups in total. The largest absolute Gasteiger partial charge is 0.478 e. The van der Waals surface area contributed by atoms with Crippen LogP contribution in [0, 0.1) is 0 Å². The molecular weight excluding hydrogens is 292 g/mol. The maximum atomic E-state index is 12.1. The third kappa shape index (κ3) is 3.95. The average molecular weight is 312 g/mol. The number of rotatable bonds is 7. The van der Waals surface area contributed by atoms with E-state index in [9.17, 15) is 18.3 Å². The number of hydrogen-bond acceptors (Lipinski definition) is 4. The second-order valence-electron chi connectivity index (χ2n) is 5.36. The van der Waals surface area contributed by atoms with E-state index in [4.69, 9.17) is 0 Å². The van der Waals surface area contributed by atoms with E-state index >= 15 is 0 Å². The van der Waals surface area contributed by atoms with E-state index < -0.39 is 16.0 Å². The third-order valence-electron chi connectivity index (χ3n) is 3.45. The van der Waals surface area contributed by atoms with Crippen LogP contribution in [0.2, 0.25) is 0 Å². The topological polar surface area (TPSA) is 95.5 Å². The first-order valence-electron chi connectivity index (χ1n) is 6.99. The SMILES string of the molecule is CC[C@@H](C)Nc1ccc(S(=O)(=O)NC2CC2)cc1C(=O)O. The van der Waals surface area contributed by atoms with Crippen LogP contribution >= 0.6 is 0 Å². The van der Waals surface area contributed by atoms with Crippen LogP contribution in [0.3, 0.4) is 0 Å². The fourth-order valence-corrected chi connectivity index (χ4v) is 3.18. The summed E-state index contributed by atoms with van der Waals surface area (Å²) < 4.78 is 26.8. The highest BCUT2D eigenvalue weighted by molar-refractivity contribution is 7.89. The second kappa shape index (κ2) is 6.03. The molecule has 6 nitrogen and oxygen atoms in total. The monoisotopic (exact) mass is 312 g/mol. The highest BCUT2D eigenvalue weighted by Crippen LogP contribution is 2.25. The summed E-state index contributed by atoms with van der Waals surface area (Å²) in [5.41, 5.74) is 0.399. The van der Waals surface area contributed by atoms with Crippen molar-refractivity contribution in [3.05, 3.63) is 23.8 Å². The van der Waals surface area contributed by atoms with Crippen LogP contribution in [0.5, 0.6) is 0 Å². The van der Waals surface area contributed by atoms with Crippen molar-refractivity contribution in [1.29, 1.82) is 0 Å². The molecule has 7 heteroatoms. The molecule has 0 radical (unpaired) electrons. The maximum absolute atomic E-state index is 12.1. The van der Waals surface area contributed by atoms with Gasteiger partial charge in [0.25, 0.3) is 0 Å². The molecule has 1 atom stereocenters. The highest BCUT2D eigenvalue weighted by atomic mass is 32.2. The number of benzene rings is 1. The molecule has 0 spiro atoms. The van der Waals surface area contributed by atoms with Crippen LogP contribution in [0.25, 0.3) is 0 Å². The smallest absolute Gasteiger partial charge is 0.337 e. The number of carboxylic acid groups (broad SMARTS) is 1. The van der Waals surface area contributed by atoms with Gasteiger partial charge in [-0.15, -0.1) is 0 Å². The standard InChI is InChI=1S/C14H20N2O4S/c1-3-9(2)15-13-7-6-11(8-12(13)14(17)18)21(19,20)16-10-4-5-10/h6-10,15-16H,3-5H2,1-2H3,(H,17,18)/t9-/m1/s1. The predicted octanol–water partition coefficient (Wildman–Crippen LogP) is 2.04. The molecular formula is C14H20N2O4S. The molecule has 0 saturated heterocycles. The third-order valence-corrected chi connectivity index (χ3v) is 4.96. The van der Waals surface area contributed by atoms with Gasteiger partial charge in [0.2, 0.25) is 10.0 Å². The lowest BCUT2D eigenvalue weighted by Crippen LogP contribution is -2.26. The molecule has 2 rings (SSSR count). The number of nitrogens with one attached hydrogen (secondary N) is 2. The minimum absolute atomic E-state index is 0.0125. The van der Waals surface area contributed by atoms with Crippen LogP contribution in [0.15, 0.2) is 23.1 Å². The zero-order chi connectivity index (χ0) is 15.6. The second-order valence-corrected chi connectivity index (χ2v) is 7.08. The first-order chi connectivity index (χ1) is 9.83. The summed E-state index contributed by atoms with van der Waals surface area (Å²) in [6, 6.07) is 4.24. The van der Waals surface area contributed by atoms with Crippen molar-refractivity contribution < 1.29 is 18.3 Å². The zero-order valence-corrected chi connectivity index (χ0v) is 12.9. The molecule has 0 aromatic heterocycles. The molecule has 0 bridgehead atoms. The summed E-state index contributed by atoms with van der Waals surface area (Å²) in [7, 11) is -3.64. The molecule has 1 aromatic rings. The van der Waals surface area contributed by atoms with E-state index in [1.54, 1.807) is 0 Å². The van der Waals surface area contributed by atoms with Gasteiger partial charge in [-0.3, -0.25) is 0 Å². The lowest BCUT2D eigenvalue weighted by atomic mass is 10.1. The van der Waals surface area contributed by atoms with Crippen molar-refractivity contribution in [2.24, 2.45) is 0 Å². The Kier molecular flexibility index (Phi) is 4.53. The van der Waals surface area contributed by atoms with Gasteiger partial charge >= 0.3 is 5.97 Å². The van der Waals surface area contributed by atoms with Crippen LogP contribution < -0.4 is 10.0 Å². The minimum Gasteiger partial charge on any atom is -0.478 e. The number of carbonyl (C=O) groups is 1. The summed E-state index contributed by atoms with van der Waals surface area (Å²) >= 11 is 0. The van der Waals surface area contributed by atoms with Gasteiger partial charge in [-0.1, -0.05) is 6.92 Å². The molecule has 0 unspecified atom stereocenters. The van der Waals surface area contributed by atoms with Crippen molar-refractivity contribution in [1.82, 2.24) is 4.72 Å². The Morgan fingerprint density at radius 3 is 2.62 bits per heavy atom. The maximum Gasteiger partial charge on any atom is 0.337 e. The Hall–Kier alpha value is -1.60. The van der Waals surface area contributed by atoms with Crippen molar-refractivity contribution in [2.45, 2.75) is 50.1 Å². The quantitative estimate of drug-likeness (QED) is 0.716. The molecule has 1 aliphatic rings. The van der Waals surface area contributed by atoms with Crippen molar-refractivity contribution in [3.63, 3.8) is 0 Å². The van der Waals surface area contributed by atoms with E-state index in [0.717, 1.165) is 19.3 Å². The van der Waals surface area contributed by atoms with Crippen LogP contribution in [-0.4, -0.2) is 31.6 Å². The van der Waals surface area contributed by atoms with Crippen LogP contribution in [0.1, 0.15) is 43.5 Å². The van der Waals surface area contributed by atoms with E-state index in [2.05, 4.69) is 10.0 Å². The summed E-state index contributed by atoms with van der Waals surface area (Å²) in [6.45, 7) is 3.92. The first kappa shape index (κ1) is 15.8. The summed E-state index contributed by atoms with van der Waals surface area (Å²) in [4.78, 5) is 11.3. The molecule has 1 aromatic carbocycles. The van der Waals surface area contributed by atoms with Gasteiger partial charge in [-0.05, 0) is 44.4 Å². The number of carboxylic acids is 1. The number of hydrogen-bond donors (Lipinski definition) is 3. The number of aromatic carboxylic acids is 1. The van der Waals surface area contributed by atoms with Crippen molar-refractivity contribution in [3.8, 4) is 0 Å². The lowest BCUT2D eigenvalue weighted by molar-refractivity contribution is 0.0697.